The molecule has 2 atom stereocenters. The van der Waals surface area contributed by atoms with Crippen LogP contribution >= 0.6 is 0 Å². The summed E-state index contributed by atoms with van der Waals surface area (Å²) in [5.41, 5.74) is -0.136. The molecule has 0 aliphatic heterocycles. The second-order valence-corrected chi connectivity index (χ2v) is 18.5. The summed E-state index contributed by atoms with van der Waals surface area (Å²) in [6, 6.07) is 0. The van der Waals surface area contributed by atoms with Gasteiger partial charge in [0.05, 0.1) is 11.9 Å². The van der Waals surface area contributed by atoms with Crippen LogP contribution in [0.1, 0.15) is 40.5 Å². The van der Waals surface area contributed by atoms with Crippen LogP contribution in [0.15, 0.2) is 24.5 Å². The van der Waals surface area contributed by atoms with E-state index in [1.54, 1.807) is 0 Å². The fourth-order valence-corrected chi connectivity index (χ4v) is 4.86. The lowest BCUT2D eigenvalue weighted by molar-refractivity contribution is 0.0851. The first-order valence-corrected chi connectivity index (χ1v) is 14.7. The molecule has 0 unspecified atom stereocenters. The van der Waals surface area contributed by atoms with Crippen molar-refractivity contribution in [3.8, 4) is 0 Å². The van der Waals surface area contributed by atoms with Crippen LogP contribution in [-0.4, -0.2) is 22.7 Å². The van der Waals surface area contributed by atoms with Gasteiger partial charge in [-0.1, -0.05) is 33.8 Å². The smallest absolute Gasteiger partial charge is 0.241 e. The van der Waals surface area contributed by atoms with Crippen molar-refractivity contribution in [1.82, 2.24) is 0 Å². The molecule has 128 valence electrons. The Hall–Kier alpha value is -0.326. The largest absolute Gasteiger partial charge is 0.548 e. The number of hydrogen-bond donors (Lipinski definition) is 0. The van der Waals surface area contributed by atoms with Crippen molar-refractivity contribution in [2.24, 2.45) is 5.41 Å². The summed E-state index contributed by atoms with van der Waals surface area (Å²) in [5, 5.41) is 0.230. The summed E-state index contributed by atoms with van der Waals surface area (Å²) in [7, 11) is -3.33. The third kappa shape index (κ3) is 4.83. The molecule has 4 heteroatoms. The van der Waals surface area contributed by atoms with Crippen LogP contribution in [0.5, 0.6) is 0 Å². The van der Waals surface area contributed by atoms with Gasteiger partial charge in [0.1, 0.15) is 0 Å². The van der Waals surface area contributed by atoms with E-state index in [2.05, 4.69) is 73.1 Å². The molecule has 0 saturated carbocycles. The Labute approximate surface area is 140 Å². The zero-order valence-corrected chi connectivity index (χ0v) is 18.2. The van der Waals surface area contributed by atoms with Gasteiger partial charge in [0.25, 0.3) is 0 Å². The first-order chi connectivity index (χ1) is 9.70. The molecule has 0 amide bonds. The van der Waals surface area contributed by atoms with Crippen LogP contribution in [0.4, 0.5) is 0 Å². The standard InChI is InChI=1S/C18H36O2Si2/c1-11-18(5)14-15(19-21(6,7)8)12-13-16(18)20-22(9,10)17(2,3)4/h11,14,16H,1,12-13H2,2-10H3/t16-,18-/m0/s1. The van der Waals surface area contributed by atoms with Crippen molar-refractivity contribution >= 4 is 16.6 Å². The van der Waals surface area contributed by atoms with E-state index in [4.69, 9.17) is 8.85 Å². The predicted octanol–water partition coefficient (Wildman–Crippen LogP) is 6.10. The van der Waals surface area contributed by atoms with Gasteiger partial charge < -0.3 is 8.85 Å². The van der Waals surface area contributed by atoms with Gasteiger partial charge in [-0.25, -0.2) is 0 Å². The van der Waals surface area contributed by atoms with E-state index < -0.39 is 16.6 Å². The van der Waals surface area contributed by atoms with Gasteiger partial charge in [-0.15, -0.1) is 6.58 Å². The van der Waals surface area contributed by atoms with Crippen molar-refractivity contribution in [2.45, 2.75) is 84.4 Å². The molecule has 1 aliphatic carbocycles. The van der Waals surface area contributed by atoms with E-state index >= 15 is 0 Å². The van der Waals surface area contributed by atoms with Crippen molar-refractivity contribution in [2.75, 3.05) is 0 Å². The van der Waals surface area contributed by atoms with Gasteiger partial charge in [0.15, 0.2) is 8.32 Å². The van der Waals surface area contributed by atoms with E-state index in [1.807, 2.05) is 6.08 Å². The number of allylic oxidation sites excluding steroid dienone is 1. The van der Waals surface area contributed by atoms with Crippen LogP contribution in [0.3, 0.4) is 0 Å². The normalized spacial score (nSPS) is 27.3. The first kappa shape index (κ1) is 19.7. The van der Waals surface area contributed by atoms with Gasteiger partial charge in [-0.05, 0) is 50.3 Å². The monoisotopic (exact) mass is 340 g/mol. The van der Waals surface area contributed by atoms with Gasteiger partial charge in [-0.3, -0.25) is 0 Å². The maximum absolute atomic E-state index is 6.71. The molecule has 0 heterocycles. The topological polar surface area (TPSA) is 18.5 Å². The van der Waals surface area contributed by atoms with E-state index in [0.29, 0.717) is 0 Å². The van der Waals surface area contributed by atoms with Crippen LogP contribution in [0.25, 0.3) is 0 Å². The molecule has 0 saturated heterocycles. The van der Waals surface area contributed by atoms with E-state index in [0.717, 1.165) is 18.6 Å². The Morgan fingerprint density at radius 2 is 1.77 bits per heavy atom. The second kappa shape index (κ2) is 6.29. The summed E-state index contributed by atoms with van der Waals surface area (Å²) in [4.78, 5) is 0. The Bertz CT molecular complexity index is 441. The Kier molecular flexibility index (Phi) is 5.64. The van der Waals surface area contributed by atoms with Gasteiger partial charge in [-0.2, -0.15) is 0 Å². The average Bonchev–Trinajstić information content (AvgIpc) is 2.29. The first-order valence-electron chi connectivity index (χ1n) is 8.42. The lowest BCUT2D eigenvalue weighted by Gasteiger charge is -2.46. The summed E-state index contributed by atoms with van der Waals surface area (Å²) < 4.78 is 12.9. The van der Waals surface area contributed by atoms with Crippen LogP contribution in [0, 0.1) is 5.41 Å². The average molecular weight is 341 g/mol. The molecule has 22 heavy (non-hydrogen) atoms. The summed E-state index contributed by atoms with van der Waals surface area (Å²) in [6.45, 7) is 24.5. The van der Waals surface area contributed by atoms with Gasteiger partial charge in [0, 0.05) is 11.8 Å². The second-order valence-electron chi connectivity index (χ2n) is 9.30. The highest BCUT2D eigenvalue weighted by Crippen LogP contribution is 2.44. The molecule has 0 N–H and O–H groups in total. The highest BCUT2D eigenvalue weighted by atomic mass is 28.4. The van der Waals surface area contributed by atoms with Crippen molar-refractivity contribution < 1.29 is 8.85 Å². The fraction of sp³-hybridized carbons (Fsp3) is 0.778. The fourth-order valence-electron chi connectivity index (χ4n) is 2.48. The Morgan fingerprint density at radius 1 is 1.23 bits per heavy atom. The van der Waals surface area contributed by atoms with E-state index in [1.165, 1.54) is 0 Å². The lowest BCUT2D eigenvalue weighted by atomic mass is 9.78. The minimum absolute atomic E-state index is 0.136. The third-order valence-electron chi connectivity index (χ3n) is 4.94. The SMILES string of the molecule is C=C[C@@]1(C)C=C(O[Si](C)(C)C)CC[C@@H]1O[Si](C)(C)C(C)(C)C. The predicted molar refractivity (Wildman–Crippen MR) is 102 cm³/mol. The van der Waals surface area contributed by atoms with Crippen molar-refractivity contribution in [1.29, 1.82) is 0 Å². The van der Waals surface area contributed by atoms with E-state index in [9.17, 15) is 0 Å². The van der Waals surface area contributed by atoms with Crippen LogP contribution < -0.4 is 0 Å². The molecule has 0 fully saturated rings. The molecule has 0 aromatic heterocycles. The molecule has 1 aliphatic rings. The molecule has 0 aromatic rings. The zero-order valence-electron chi connectivity index (χ0n) is 16.2. The Balaban J connectivity index is 2.99. The van der Waals surface area contributed by atoms with Crippen molar-refractivity contribution in [3.63, 3.8) is 0 Å². The van der Waals surface area contributed by atoms with Crippen LogP contribution in [0.2, 0.25) is 37.8 Å². The van der Waals surface area contributed by atoms with Gasteiger partial charge in [0.2, 0.25) is 8.32 Å². The number of rotatable bonds is 5. The summed E-state index contributed by atoms with van der Waals surface area (Å²) >= 11 is 0. The summed E-state index contributed by atoms with van der Waals surface area (Å²) in [6.07, 6.45) is 6.51. The molecule has 0 spiro atoms. The quantitative estimate of drug-likeness (QED) is 0.445. The zero-order chi connectivity index (χ0) is 17.4. The third-order valence-corrected chi connectivity index (χ3v) is 10.3. The highest BCUT2D eigenvalue weighted by molar-refractivity contribution is 6.74. The Morgan fingerprint density at radius 3 is 2.18 bits per heavy atom. The van der Waals surface area contributed by atoms with Crippen LogP contribution in [-0.2, 0) is 8.85 Å². The summed E-state index contributed by atoms with van der Waals surface area (Å²) in [5.74, 6) is 1.14. The number of hydrogen-bond acceptors (Lipinski definition) is 2. The minimum atomic E-state index is -1.78. The van der Waals surface area contributed by atoms with Crippen molar-refractivity contribution in [3.05, 3.63) is 24.5 Å². The maximum Gasteiger partial charge on any atom is 0.241 e. The minimum Gasteiger partial charge on any atom is -0.548 e. The molecule has 2 nitrogen and oxygen atoms in total. The molecule has 0 radical (unpaired) electrons. The maximum atomic E-state index is 6.71. The molecular formula is C18H36O2Si2. The molecule has 0 bridgehead atoms. The molecular weight excluding hydrogens is 304 g/mol. The molecule has 0 aromatic carbocycles. The van der Waals surface area contributed by atoms with E-state index in [-0.39, 0.29) is 16.6 Å². The van der Waals surface area contributed by atoms with Gasteiger partial charge >= 0.3 is 0 Å². The lowest BCUT2D eigenvalue weighted by Crippen LogP contribution is -2.48. The highest BCUT2D eigenvalue weighted by Gasteiger charge is 2.44. The molecule has 1 rings (SSSR count).